The zero-order valence-corrected chi connectivity index (χ0v) is 20.0. The van der Waals surface area contributed by atoms with Gasteiger partial charge in [0.25, 0.3) is 0 Å². The Bertz CT molecular complexity index is 859. The van der Waals surface area contributed by atoms with Gasteiger partial charge in [-0.1, -0.05) is 36.4 Å². The fraction of sp³-hybridized carbons (Fsp3) is 0.500. The number of hydrogen-bond donors (Lipinski definition) is 2. The summed E-state index contributed by atoms with van der Waals surface area (Å²) in [5, 5.41) is 6.80. The molecule has 174 valence electrons. The molecule has 0 aromatic heterocycles. The molecule has 0 aliphatic carbocycles. The molecule has 0 spiro atoms. The van der Waals surface area contributed by atoms with Crippen LogP contribution in [0.1, 0.15) is 35.6 Å². The van der Waals surface area contributed by atoms with Crippen molar-refractivity contribution in [2.45, 2.75) is 39.9 Å². The summed E-state index contributed by atoms with van der Waals surface area (Å²) in [6, 6.07) is 15.0. The minimum atomic E-state index is 0.485. The Hall–Kier alpha value is -2.57. The molecule has 2 aromatic rings. The molecule has 0 amide bonds. The highest BCUT2D eigenvalue weighted by Gasteiger charge is 2.17. The number of aliphatic imine (C=N–C) groups is 1. The summed E-state index contributed by atoms with van der Waals surface area (Å²) in [6.07, 6.45) is 1.08. The van der Waals surface area contributed by atoms with Crippen molar-refractivity contribution in [3.05, 3.63) is 64.7 Å². The maximum Gasteiger partial charge on any atom is 0.191 e. The third kappa shape index (κ3) is 7.84. The van der Waals surface area contributed by atoms with Gasteiger partial charge in [-0.15, -0.1) is 0 Å². The topological polar surface area (TPSA) is 58.1 Å². The molecule has 1 fully saturated rings. The maximum atomic E-state index is 6.18. The maximum absolute atomic E-state index is 6.18. The number of benzene rings is 2. The average molecular weight is 439 g/mol. The highest BCUT2D eigenvalue weighted by Crippen LogP contribution is 2.22. The Balaban J connectivity index is 1.59. The molecule has 0 bridgehead atoms. The standard InChI is InChI=1S/C26H38N4O2/c1-5-27-26(28-15-21-7-9-22(10-8-21)17-30(3)4)29-16-24-11-6-20(2)14-25(24)32-19-23-12-13-31-18-23/h6-11,14,23H,5,12-13,15-19H2,1-4H3,(H2,27,28,29). The monoisotopic (exact) mass is 438 g/mol. The second-order valence-electron chi connectivity index (χ2n) is 8.75. The molecule has 6 heteroatoms. The molecule has 1 aliphatic rings. The molecule has 1 saturated heterocycles. The minimum absolute atomic E-state index is 0.485. The first-order valence-corrected chi connectivity index (χ1v) is 11.6. The van der Waals surface area contributed by atoms with Gasteiger partial charge in [0.1, 0.15) is 5.75 Å². The summed E-state index contributed by atoms with van der Waals surface area (Å²) in [5.41, 5.74) is 4.84. The third-order valence-electron chi connectivity index (χ3n) is 5.45. The van der Waals surface area contributed by atoms with E-state index < -0.39 is 0 Å². The van der Waals surface area contributed by atoms with Crippen LogP contribution < -0.4 is 15.4 Å². The lowest BCUT2D eigenvalue weighted by atomic mass is 10.1. The van der Waals surface area contributed by atoms with Crippen molar-refractivity contribution in [2.75, 3.05) is 40.5 Å². The molecule has 0 radical (unpaired) electrons. The Morgan fingerprint density at radius 3 is 2.59 bits per heavy atom. The molecule has 6 nitrogen and oxygen atoms in total. The van der Waals surface area contributed by atoms with Gasteiger partial charge in [-0.05, 0) is 57.1 Å². The number of nitrogens with zero attached hydrogens (tertiary/aromatic N) is 2. The second kappa shape index (κ2) is 12.5. The normalized spacial score (nSPS) is 16.4. The predicted octanol–water partition coefficient (Wildman–Crippen LogP) is 3.73. The lowest BCUT2D eigenvalue weighted by Crippen LogP contribution is -2.36. The Morgan fingerprint density at radius 1 is 1.12 bits per heavy atom. The van der Waals surface area contributed by atoms with Gasteiger partial charge < -0.3 is 25.0 Å². The summed E-state index contributed by atoms with van der Waals surface area (Å²) in [5.74, 6) is 2.23. The smallest absolute Gasteiger partial charge is 0.191 e. The van der Waals surface area contributed by atoms with E-state index in [0.29, 0.717) is 25.6 Å². The summed E-state index contributed by atoms with van der Waals surface area (Å²) in [6.45, 7) is 9.57. The van der Waals surface area contributed by atoms with Gasteiger partial charge in [0.2, 0.25) is 0 Å². The second-order valence-corrected chi connectivity index (χ2v) is 8.75. The van der Waals surface area contributed by atoms with Gasteiger partial charge in [0.05, 0.1) is 19.8 Å². The van der Waals surface area contributed by atoms with Crippen molar-refractivity contribution in [2.24, 2.45) is 10.9 Å². The SMILES string of the molecule is CCNC(=NCc1ccc(CN(C)C)cc1)NCc1ccc(C)cc1OCC1CCOC1. The van der Waals surface area contributed by atoms with Crippen LogP contribution in [0.25, 0.3) is 0 Å². The Kier molecular flexibility index (Phi) is 9.38. The average Bonchev–Trinajstić information content (AvgIpc) is 3.29. The van der Waals surface area contributed by atoms with Crippen LogP contribution in [0, 0.1) is 12.8 Å². The first-order valence-electron chi connectivity index (χ1n) is 11.6. The molecule has 2 N–H and O–H groups in total. The van der Waals surface area contributed by atoms with Crippen LogP contribution in [-0.2, 0) is 24.4 Å². The van der Waals surface area contributed by atoms with E-state index in [1.165, 1.54) is 16.7 Å². The van der Waals surface area contributed by atoms with Gasteiger partial charge in [-0.25, -0.2) is 4.99 Å². The Morgan fingerprint density at radius 2 is 1.91 bits per heavy atom. The van der Waals surface area contributed by atoms with Gasteiger partial charge >= 0.3 is 0 Å². The van der Waals surface area contributed by atoms with Crippen molar-refractivity contribution < 1.29 is 9.47 Å². The van der Waals surface area contributed by atoms with Crippen LogP contribution >= 0.6 is 0 Å². The van der Waals surface area contributed by atoms with Crippen LogP contribution in [0.3, 0.4) is 0 Å². The molecule has 32 heavy (non-hydrogen) atoms. The summed E-state index contributed by atoms with van der Waals surface area (Å²) < 4.78 is 11.7. The van der Waals surface area contributed by atoms with Crippen molar-refractivity contribution in [3.63, 3.8) is 0 Å². The first kappa shape index (κ1) is 24.1. The molecular weight excluding hydrogens is 400 g/mol. The highest BCUT2D eigenvalue weighted by atomic mass is 16.5. The number of ether oxygens (including phenoxy) is 2. The van der Waals surface area contributed by atoms with Gasteiger partial charge in [-0.3, -0.25) is 0 Å². The lowest BCUT2D eigenvalue weighted by molar-refractivity contribution is 0.166. The van der Waals surface area contributed by atoms with E-state index in [4.69, 9.17) is 14.5 Å². The van der Waals surface area contributed by atoms with Crippen LogP contribution in [-0.4, -0.2) is 51.3 Å². The largest absolute Gasteiger partial charge is 0.493 e. The summed E-state index contributed by atoms with van der Waals surface area (Å²) in [7, 11) is 4.17. The number of hydrogen-bond acceptors (Lipinski definition) is 4. The fourth-order valence-electron chi connectivity index (χ4n) is 3.67. The molecule has 1 aliphatic heterocycles. The molecule has 1 heterocycles. The number of nitrogens with one attached hydrogen (secondary N) is 2. The predicted molar refractivity (Wildman–Crippen MR) is 131 cm³/mol. The summed E-state index contributed by atoms with van der Waals surface area (Å²) >= 11 is 0. The van der Waals surface area contributed by atoms with Crippen molar-refractivity contribution in [1.29, 1.82) is 0 Å². The van der Waals surface area contributed by atoms with Crippen LogP contribution in [0.2, 0.25) is 0 Å². The van der Waals surface area contributed by atoms with Gasteiger partial charge in [0, 0.05) is 37.7 Å². The zero-order valence-electron chi connectivity index (χ0n) is 20.0. The number of rotatable bonds is 10. The molecule has 3 rings (SSSR count). The molecule has 0 saturated carbocycles. The van der Waals surface area contributed by atoms with E-state index >= 15 is 0 Å². The Labute approximate surface area is 193 Å². The van der Waals surface area contributed by atoms with Gasteiger partial charge in [0.15, 0.2) is 5.96 Å². The fourth-order valence-corrected chi connectivity index (χ4v) is 3.67. The van der Waals surface area contributed by atoms with E-state index in [0.717, 1.165) is 50.0 Å². The molecule has 1 unspecified atom stereocenters. The third-order valence-corrected chi connectivity index (χ3v) is 5.45. The first-order chi connectivity index (χ1) is 15.5. The van der Waals surface area contributed by atoms with E-state index in [1.54, 1.807) is 0 Å². The molecular formula is C26H38N4O2. The lowest BCUT2D eigenvalue weighted by Gasteiger charge is -2.17. The molecule has 1 atom stereocenters. The van der Waals surface area contributed by atoms with Crippen molar-refractivity contribution in [1.82, 2.24) is 15.5 Å². The van der Waals surface area contributed by atoms with Crippen LogP contribution in [0.4, 0.5) is 0 Å². The van der Waals surface area contributed by atoms with Crippen LogP contribution in [0.15, 0.2) is 47.5 Å². The highest BCUT2D eigenvalue weighted by molar-refractivity contribution is 5.79. The molecule has 2 aromatic carbocycles. The van der Waals surface area contributed by atoms with Gasteiger partial charge in [-0.2, -0.15) is 0 Å². The van der Waals surface area contributed by atoms with Crippen LogP contribution in [0.5, 0.6) is 5.75 Å². The van der Waals surface area contributed by atoms with Crippen molar-refractivity contribution >= 4 is 5.96 Å². The van der Waals surface area contributed by atoms with E-state index in [9.17, 15) is 0 Å². The van der Waals surface area contributed by atoms with E-state index in [-0.39, 0.29) is 0 Å². The minimum Gasteiger partial charge on any atom is -0.493 e. The quantitative estimate of drug-likeness (QED) is 0.437. The van der Waals surface area contributed by atoms with Crippen molar-refractivity contribution in [3.8, 4) is 5.75 Å². The van der Waals surface area contributed by atoms with E-state index in [2.05, 4.69) is 85.9 Å². The van der Waals surface area contributed by atoms with E-state index in [1.807, 2.05) is 0 Å². The zero-order chi connectivity index (χ0) is 22.8. The number of aryl methyl sites for hydroxylation is 1. The summed E-state index contributed by atoms with van der Waals surface area (Å²) in [4.78, 5) is 6.94. The number of guanidine groups is 1.